The molecule has 3 aromatic carbocycles. The van der Waals surface area contributed by atoms with Crippen molar-refractivity contribution >= 4 is 0 Å². The van der Waals surface area contributed by atoms with Gasteiger partial charge in [-0.2, -0.15) is 0 Å². The highest BCUT2D eigenvalue weighted by molar-refractivity contribution is 5.64. The van der Waals surface area contributed by atoms with E-state index in [1.807, 2.05) is 12.1 Å². The Balaban J connectivity index is 1.47. The molecular weight excluding hydrogens is 434 g/mol. The minimum absolute atomic E-state index is 0.146. The lowest BCUT2D eigenvalue weighted by atomic mass is 9.82. The summed E-state index contributed by atoms with van der Waals surface area (Å²) >= 11 is 0. The predicted molar refractivity (Wildman–Crippen MR) is 130 cm³/mol. The zero-order chi connectivity index (χ0) is 24.1. The van der Waals surface area contributed by atoms with Crippen LogP contribution in [0.3, 0.4) is 0 Å². The van der Waals surface area contributed by atoms with E-state index in [4.69, 9.17) is 4.74 Å². The summed E-state index contributed by atoms with van der Waals surface area (Å²) in [5, 5.41) is 9.42. The summed E-state index contributed by atoms with van der Waals surface area (Å²) in [6, 6.07) is 17.6. The molecule has 3 nitrogen and oxygen atoms in total. The van der Waals surface area contributed by atoms with Crippen molar-refractivity contribution in [3.8, 4) is 11.1 Å². The zero-order valence-electron chi connectivity index (χ0n) is 19.8. The number of aryl methyl sites for hydroxylation is 1. The Hall–Kier alpha value is -2.60. The van der Waals surface area contributed by atoms with Crippen LogP contribution in [0.25, 0.3) is 11.1 Å². The number of hydrogen-bond donors (Lipinski definition) is 1. The van der Waals surface area contributed by atoms with Crippen LogP contribution in [0.1, 0.15) is 73.3 Å². The normalized spacial score (nSPS) is 19.2. The summed E-state index contributed by atoms with van der Waals surface area (Å²) in [6.45, 7) is 4.62. The van der Waals surface area contributed by atoms with E-state index < -0.39 is 17.7 Å². The van der Waals surface area contributed by atoms with Crippen molar-refractivity contribution in [3.05, 3.63) is 94.6 Å². The second kappa shape index (κ2) is 11.2. The third kappa shape index (κ3) is 5.54. The van der Waals surface area contributed by atoms with E-state index in [1.165, 1.54) is 17.7 Å². The fraction of sp³-hybridized carbons (Fsp3) is 0.379. The second-order valence-electron chi connectivity index (χ2n) is 9.20. The first kappa shape index (κ1) is 24.5. The van der Waals surface area contributed by atoms with Gasteiger partial charge in [-0.3, -0.25) is 5.26 Å². The molecule has 1 atom stereocenters. The topological polar surface area (TPSA) is 38.7 Å². The molecule has 1 saturated carbocycles. The predicted octanol–water partition coefficient (Wildman–Crippen LogP) is 7.97. The SMILES string of the molecule is CCCOC1CCC(c2ccc(-c3ccc(C(OO)c4ccc(C)c(F)c4)c(F)c3)cc2)CC1. The molecule has 1 aliphatic rings. The highest BCUT2D eigenvalue weighted by atomic mass is 19.1. The standard InChI is InChI=1S/C29H32F2O3/c1-3-16-33-25-13-10-21(11-14-25)20-6-8-22(9-7-20)23-12-15-26(28(31)17-23)29(34-32)24-5-4-19(2)27(30)18-24/h4-9,12,15,17-18,21,25,29,32H,3,10-11,13-14,16H2,1-2H3. The third-order valence-corrected chi connectivity index (χ3v) is 6.83. The van der Waals surface area contributed by atoms with E-state index >= 15 is 4.39 Å². The first-order valence-corrected chi connectivity index (χ1v) is 12.1. The van der Waals surface area contributed by atoms with Crippen LogP contribution in [-0.2, 0) is 9.62 Å². The van der Waals surface area contributed by atoms with Crippen molar-refractivity contribution in [1.82, 2.24) is 0 Å². The first-order valence-electron chi connectivity index (χ1n) is 12.1. The quantitative estimate of drug-likeness (QED) is 0.270. The van der Waals surface area contributed by atoms with Crippen molar-refractivity contribution in [2.24, 2.45) is 0 Å². The molecule has 0 bridgehead atoms. The van der Waals surface area contributed by atoms with Gasteiger partial charge in [0.05, 0.1) is 6.10 Å². The highest BCUT2D eigenvalue weighted by Gasteiger charge is 2.23. The molecule has 0 amide bonds. The Morgan fingerprint density at radius 1 is 0.882 bits per heavy atom. The molecule has 1 fully saturated rings. The Bertz CT molecular complexity index is 1090. The minimum Gasteiger partial charge on any atom is -0.378 e. The maximum Gasteiger partial charge on any atom is 0.146 e. The van der Waals surface area contributed by atoms with Crippen LogP contribution >= 0.6 is 0 Å². The van der Waals surface area contributed by atoms with Gasteiger partial charge in [0, 0.05) is 12.2 Å². The van der Waals surface area contributed by atoms with Crippen LogP contribution in [0.2, 0.25) is 0 Å². The molecule has 34 heavy (non-hydrogen) atoms. The van der Waals surface area contributed by atoms with Crippen LogP contribution in [0.5, 0.6) is 0 Å². The number of hydrogen-bond acceptors (Lipinski definition) is 3. The Kier molecular flexibility index (Phi) is 8.09. The third-order valence-electron chi connectivity index (χ3n) is 6.83. The van der Waals surface area contributed by atoms with E-state index in [-0.39, 0.29) is 5.56 Å². The van der Waals surface area contributed by atoms with Crippen LogP contribution in [0, 0.1) is 18.6 Å². The smallest absolute Gasteiger partial charge is 0.146 e. The second-order valence-corrected chi connectivity index (χ2v) is 9.20. The summed E-state index contributed by atoms with van der Waals surface area (Å²) in [5.74, 6) is -0.419. The van der Waals surface area contributed by atoms with Gasteiger partial charge < -0.3 is 4.74 Å². The van der Waals surface area contributed by atoms with Gasteiger partial charge in [-0.1, -0.05) is 55.5 Å². The van der Waals surface area contributed by atoms with Crippen LogP contribution in [0.4, 0.5) is 8.78 Å². The minimum atomic E-state index is -1.11. The lowest BCUT2D eigenvalue weighted by molar-refractivity contribution is -0.271. The molecule has 0 saturated heterocycles. The van der Waals surface area contributed by atoms with Gasteiger partial charge in [-0.25, -0.2) is 13.7 Å². The molecule has 1 unspecified atom stereocenters. The number of ether oxygens (including phenoxy) is 1. The molecule has 0 spiro atoms. The lowest BCUT2D eigenvalue weighted by Crippen LogP contribution is -2.21. The fourth-order valence-electron chi connectivity index (χ4n) is 4.78. The molecule has 4 rings (SSSR count). The monoisotopic (exact) mass is 466 g/mol. The van der Waals surface area contributed by atoms with Gasteiger partial charge in [-0.05, 0) is 84.9 Å². The molecule has 0 heterocycles. The van der Waals surface area contributed by atoms with Crippen molar-refractivity contribution in [1.29, 1.82) is 0 Å². The summed E-state index contributed by atoms with van der Waals surface area (Å²) in [7, 11) is 0. The number of rotatable bonds is 8. The summed E-state index contributed by atoms with van der Waals surface area (Å²) in [4.78, 5) is 4.54. The molecule has 5 heteroatoms. The van der Waals surface area contributed by atoms with Crippen LogP contribution in [-0.4, -0.2) is 18.0 Å². The van der Waals surface area contributed by atoms with E-state index in [2.05, 4.69) is 23.9 Å². The van der Waals surface area contributed by atoms with E-state index in [9.17, 15) is 9.65 Å². The maximum atomic E-state index is 15.0. The number of halogens is 2. The average molecular weight is 467 g/mol. The van der Waals surface area contributed by atoms with Gasteiger partial charge in [-0.15, -0.1) is 0 Å². The fourth-order valence-corrected chi connectivity index (χ4v) is 4.78. The average Bonchev–Trinajstić information content (AvgIpc) is 2.86. The lowest BCUT2D eigenvalue weighted by Gasteiger charge is -2.29. The summed E-state index contributed by atoms with van der Waals surface area (Å²) in [6.07, 6.45) is 4.78. The molecule has 0 radical (unpaired) electrons. The first-order chi connectivity index (χ1) is 16.5. The molecule has 0 aromatic heterocycles. The van der Waals surface area contributed by atoms with Gasteiger partial charge >= 0.3 is 0 Å². The molecule has 0 aliphatic heterocycles. The summed E-state index contributed by atoms with van der Waals surface area (Å²) in [5.41, 5.74) is 3.92. The van der Waals surface area contributed by atoms with Crippen LogP contribution in [0.15, 0.2) is 60.7 Å². The molecule has 3 aromatic rings. The van der Waals surface area contributed by atoms with Gasteiger partial charge in [0.1, 0.15) is 17.7 Å². The van der Waals surface area contributed by atoms with E-state index in [0.29, 0.717) is 23.1 Å². The van der Waals surface area contributed by atoms with Gasteiger partial charge in [0.25, 0.3) is 0 Å². The molecule has 1 aliphatic carbocycles. The van der Waals surface area contributed by atoms with Crippen molar-refractivity contribution in [3.63, 3.8) is 0 Å². The van der Waals surface area contributed by atoms with Gasteiger partial charge in [0.2, 0.25) is 0 Å². The summed E-state index contributed by atoms with van der Waals surface area (Å²) < 4.78 is 34.9. The maximum absolute atomic E-state index is 15.0. The van der Waals surface area contributed by atoms with Crippen LogP contribution < -0.4 is 0 Å². The molecule has 1 N–H and O–H groups in total. The van der Waals surface area contributed by atoms with Crippen molar-refractivity contribution < 1.29 is 23.7 Å². The number of benzene rings is 3. The molecular formula is C29H32F2O3. The Morgan fingerprint density at radius 3 is 2.21 bits per heavy atom. The Morgan fingerprint density at radius 2 is 1.59 bits per heavy atom. The zero-order valence-corrected chi connectivity index (χ0v) is 19.8. The van der Waals surface area contributed by atoms with E-state index in [1.54, 1.807) is 31.2 Å². The van der Waals surface area contributed by atoms with Crippen molar-refractivity contribution in [2.45, 2.75) is 64.1 Å². The van der Waals surface area contributed by atoms with Gasteiger partial charge in [0.15, 0.2) is 0 Å². The largest absolute Gasteiger partial charge is 0.378 e. The van der Waals surface area contributed by atoms with Crippen molar-refractivity contribution in [2.75, 3.05) is 6.61 Å². The molecule has 180 valence electrons. The van der Waals surface area contributed by atoms with E-state index in [0.717, 1.165) is 49.8 Å². The highest BCUT2D eigenvalue weighted by Crippen LogP contribution is 2.36. The Labute approximate surface area is 200 Å².